The van der Waals surface area contributed by atoms with Crippen molar-refractivity contribution in [2.75, 3.05) is 13.7 Å². The molecule has 7 heteroatoms. The van der Waals surface area contributed by atoms with E-state index in [1.165, 1.54) is 19.2 Å². The first kappa shape index (κ1) is 14.3. The summed E-state index contributed by atoms with van der Waals surface area (Å²) in [5, 5.41) is 29.8. The highest BCUT2D eigenvalue weighted by molar-refractivity contribution is 5.85. The minimum absolute atomic E-state index is 0.0116. The zero-order valence-corrected chi connectivity index (χ0v) is 11.4. The number of hydrogen-bond acceptors (Lipinski definition) is 7. The van der Waals surface area contributed by atoms with Gasteiger partial charge in [0.2, 0.25) is 11.4 Å². The van der Waals surface area contributed by atoms with Crippen molar-refractivity contribution in [3.05, 3.63) is 29.8 Å². The van der Waals surface area contributed by atoms with Gasteiger partial charge in [-0.3, -0.25) is 0 Å². The van der Waals surface area contributed by atoms with Gasteiger partial charge in [0.05, 0.1) is 6.61 Å². The van der Waals surface area contributed by atoms with Crippen molar-refractivity contribution < 1.29 is 34.3 Å². The molecular formula is C14H16O7. The van der Waals surface area contributed by atoms with E-state index in [-0.39, 0.29) is 18.8 Å². The summed E-state index contributed by atoms with van der Waals surface area (Å²) >= 11 is 0. The van der Waals surface area contributed by atoms with Crippen molar-refractivity contribution in [3.63, 3.8) is 0 Å². The molecule has 0 saturated carbocycles. The minimum Gasteiger partial charge on any atom is -0.508 e. The maximum atomic E-state index is 12.2. The van der Waals surface area contributed by atoms with Gasteiger partial charge in [-0.2, -0.15) is 0 Å². The highest BCUT2D eigenvalue weighted by Gasteiger charge is 2.74. The number of methoxy groups -OCH3 is 1. The van der Waals surface area contributed by atoms with Gasteiger partial charge in [-0.1, -0.05) is 12.1 Å². The average Bonchev–Trinajstić information content (AvgIpc) is 2.87. The van der Waals surface area contributed by atoms with Crippen LogP contribution in [0.15, 0.2) is 24.3 Å². The topological polar surface area (TPSA) is 105 Å². The molecule has 0 bridgehead atoms. The van der Waals surface area contributed by atoms with Crippen LogP contribution >= 0.6 is 0 Å². The number of carbonyl (C=O) groups excluding carboxylic acids is 1. The minimum atomic E-state index is -2.05. The zero-order chi connectivity index (χ0) is 15.3. The van der Waals surface area contributed by atoms with Crippen LogP contribution in [0.1, 0.15) is 5.56 Å². The van der Waals surface area contributed by atoms with E-state index in [0.717, 1.165) is 0 Å². The van der Waals surface area contributed by atoms with E-state index in [0.29, 0.717) is 5.56 Å². The maximum Gasteiger partial charge on any atom is 0.345 e. The summed E-state index contributed by atoms with van der Waals surface area (Å²) in [6, 6.07) is 6.13. The van der Waals surface area contributed by atoms with E-state index >= 15 is 0 Å². The molecule has 2 fully saturated rings. The Labute approximate surface area is 120 Å². The van der Waals surface area contributed by atoms with Gasteiger partial charge in [0.25, 0.3) is 0 Å². The lowest BCUT2D eigenvalue weighted by Gasteiger charge is -2.35. The van der Waals surface area contributed by atoms with Gasteiger partial charge >= 0.3 is 5.97 Å². The molecule has 1 aromatic carbocycles. The molecule has 2 aliphatic rings. The van der Waals surface area contributed by atoms with Crippen LogP contribution in [0.25, 0.3) is 0 Å². The second kappa shape index (κ2) is 4.67. The molecule has 1 aromatic rings. The Bertz CT molecular complexity index is 557. The smallest absolute Gasteiger partial charge is 0.345 e. The molecule has 3 rings (SSSR count). The van der Waals surface area contributed by atoms with Gasteiger partial charge in [0.1, 0.15) is 11.9 Å². The molecule has 2 aliphatic heterocycles. The highest BCUT2D eigenvalue weighted by atomic mass is 16.7. The molecule has 3 N–H and O–H groups in total. The fourth-order valence-corrected chi connectivity index (χ4v) is 2.91. The normalized spacial score (nSPS) is 38.3. The van der Waals surface area contributed by atoms with E-state index in [9.17, 15) is 20.1 Å². The standard InChI is InChI=1S/C14H16O7/c1-19-13(6-8-2-4-9(15)5-3-8)12(17)21-11-10(16)7-20-14(11,13)18/h2-5,10-11,15-16,18H,6-7H2,1H3. The molecule has 2 heterocycles. The number of phenolic OH excluding ortho intramolecular Hbond substituents is 1. The lowest BCUT2D eigenvalue weighted by atomic mass is 9.85. The fraction of sp³-hybridized carbons (Fsp3) is 0.500. The lowest BCUT2D eigenvalue weighted by molar-refractivity contribution is -0.269. The predicted octanol–water partition coefficient (Wildman–Crippen LogP) is -0.675. The quantitative estimate of drug-likeness (QED) is 0.635. The number of fused-ring (bicyclic) bond motifs is 1. The van der Waals surface area contributed by atoms with Gasteiger partial charge in [0.15, 0.2) is 6.10 Å². The Kier molecular flexibility index (Phi) is 3.18. The van der Waals surface area contributed by atoms with Crippen LogP contribution in [0.3, 0.4) is 0 Å². The molecule has 7 nitrogen and oxygen atoms in total. The number of esters is 1. The molecular weight excluding hydrogens is 280 g/mol. The number of hydrogen-bond donors (Lipinski definition) is 3. The molecule has 0 radical (unpaired) electrons. The third-order valence-corrected chi connectivity index (χ3v) is 4.09. The molecule has 0 spiro atoms. The Morgan fingerprint density at radius 2 is 2.05 bits per heavy atom. The van der Waals surface area contributed by atoms with Crippen molar-refractivity contribution >= 4 is 5.97 Å². The monoisotopic (exact) mass is 296 g/mol. The van der Waals surface area contributed by atoms with Crippen LogP contribution in [0.4, 0.5) is 0 Å². The summed E-state index contributed by atoms with van der Waals surface area (Å²) in [7, 11) is 1.27. The number of phenols is 1. The van der Waals surface area contributed by atoms with Crippen molar-refractivity contribution in [2.45, 2.75) is 30.0 Å². The molecule has 21 heavy (non-hydrogen) atoms. The Balaban J connectivity index is 1.99. The number of benzene rings is 1. The first-order chi connectivity index (χ1) is 9.93. The number of rotatable bonds is 3. The summed E-state index contributed by atoms with van der Waals surface area (Å²) < 4.78 is 15.6. The molecule has 0 amide bonds. The predicted molar refractivity (Wildman–Crippen MR) is 68.3 cm³/mol. The number of aliphatic hydroxyl groups excluding tert-OH is 1. The largest absolute Gasteiger partial charge is 0.508 e. The van der Waals surface area contributed by atoms with E-state index < -0.39 is 29.6 Å². The number of ether oxygens (including phenoxy) is 3. The van der Waals surface area contributed by atoms with Crippen LogP contribution in [0.2, 0.25) is 0 Å². The van der Waals surface area contributed by atoms with Crippen molar-refractivity contribution in [2.24, 2.45) is 0 Å². The average molecular weight is 296 g/mol. The molecule has 114 valence electrons. The summed E-state index contributed by atoms with van der Waals surface area (Å²) in [5.41, 5.74) is -1.11. The van der Waals surface area contributed by atoms with Crippen LogP contribution < -0.4 is 0 Å². The number of carbonyl (C=O) groups is 1. The fourth-order valence-electron chi connectivity index (χ4n) is 2.91. The van der Waals surface area contributed by atoms with Gasteiger partial charge in [0, 0.05) is 13.5 Å². The summed E-state index contributed by atoms with van der Waals surface area (Å²) in [4.78, 5) is 12.2. The van der Waals surface area contributed by atoms with E-state index in [2.05, 4.69) is 0 Å². The molecule has 0 aliphatic carbocycles. The van der Waals surface area contributed by atoms with Crippen LogP contribution in [0, 0.1) is 0 Å². The van der Waals surface area contributed by atoms with Crippen LogP contribution in [-0.2, 0) is 25.4 Å². The van der Waals surface area contributed by atoms with E-state index in [4.69, 9.17) is 14.2 Å². The van der Waals surface area contributed by atoms with Crippen LogP contribution in [0.5, 0.6) is 5.75 Å². The molecule has 0 aromatic heterocycles. The Morgan fingerprint density at radius 3 is 2.67 bits per heavy atom. The first-order valence-electron chi connectivity index (χ1n) is 6.51. The van der Waals surface area contributed by atoms with Gasteiger partial charge in [-0.05, 0) is 17.7 Å². The van der Waals surface area contributed by atoms with Crippen molar-refractivity contribution in [3.8, 4) is 5.75 Å². The summed E-state index contributed by atoms with van der Waals surface area (Å²) in [5.74, 6) is -2.75. The number of aromatic hydroxyl groups is 1. The maximum absolute atomic E-state index is 12.2. The summed E-state index contributed by atoms with van der Waals surface area (Å²) in [6.45, 7) is -0.144. The second-order valence-electron chi connectivity index (χ2n) is 5.28. The highest BCUT2D eigenvalue weighted by Crippen LogP contribution is 2.46. The number of aliphatic hydroxyl groups is 2. The summed E-state index contributed by atoms with van der Waals surface area (Å²) in [6.07, 6.45) is -2.29. The van der Waals surface area contributed by atoms with Crippen LogP contribution in [-0.4, -0.2) is 58.6 Å². The van der Waals surface area contributed by atoms with Crippen molar-refractivity contribution in [1.82, 2.24) is 0 Å². The first-order valence-corrected chi connectivity index (χ1v) is 6.51. The molecule has 4 unspecified atom stereocenters. The van der Waals surface area contributed by atoms with Gasteiger partial charge in [-0.25, -0.2) is 4.79 Å². The SMILES string of the molecule is COC1(Cc2ccc(O)cc2)C(=O)OC2C(O)COC21O. The zero-order valence-electron chi connectivity index (χ0n) is 11.4. The third kappa shape index (κ3) is 1.86. The second-order valence-corrected chi connectivity index (χ2v) is 5.28. The lowest BCUT2D eigenvalue weighted by Crippen LogP contribution is -2.60. The molecule has 4 atom stereocenters. The van der Waals surface area contributed by atoms with E-state index in [1.54, 1.807) is 12.1 Å². The van der Waals surface area contributed by atoms with Gasteiger partial charge in [-0.15, -0.1) is 0 Å². The third-order valence-electron chi connectivity index (χ3n) is 4.09. The van der Waals surface area contributed by atoms with Gasteiger partial charge < -0.3 is 29.5 Å². The van der Waals surface area contributed by atoms with E-state index in [1.807, 2.05) is 0 Å². The van der Waals surface area contributed by atoms with Crippen molar-refractivity contribution in [1.29, 1.82) is 0 Å². The Hall–Kier alpha value is -1.67. The molecule has 2 saturated heterocycles. The Morgan fingerprint density at radius 1 is 1.38 bits per heavy atom.